The van der Waals surface area contributed by atoms with E-state index in [4.69, 9.17) is 13.9 Å². The Labute approximate surface area is 104 Å². The number of esters is 1. The SMILES string of the molecule is COCc1ccc(C(=O)OCc2cnn(C)c2)o1. The van der Waals surface area contributed by atoms with Gasteiger partial charge in [-0.25, -0.2) is 4.79 Å². The van der Waals surface area contributed by atoms with Gasteiger partial charge in [0.05, 0.1) is 6.20 Å². The molecule has 0 spiro atoms. The summed E-state index contributed by atoms with van der Waals surface area (Å²) in [6.07, 6.45) is 3.43. The molecule has 2 heterocycles. The summed E-state index contributed by atoms with van der Waals surface area (Å²) in [6.45, 7) is 0.503. The molecule has 0 saturated carbocycles. The molecular weight excluding hydrogens is 236 g/mol. The van der Waals surface area contributed by atoms with E-state index >= 15 is 0 Å². The number of rotatable bonds is 5. The van der Waals surface area contributed by atoms with Gasteiger partial charge in [-0.2, -0.15) is 5.10 Å². The number of hydrogen-bond donors (Lipinski definition) is 0. The van der Waals surface area contributed by atoms with Crippen LogP contribution in [-0.2, 0) is 29.7 Å². The average Bonchev–Trinajstić information content (AvgIpc) is 2.96. The number of carbonyl (C=O) groups is 1. The number of aryl methyl sites for hydroxylation is 1. The zero-order valence-electron chi connectivity index (χ0n) is 10.3. The highest BCUT2D eigenvalue weighted by atomic mass is 16.5. The van der Waals surface area contributed by atoms with E-state index in [-0.39, 0.29) is 12.4 Å². The molecule has 2 rings (SSSR count). The Morgan fingerprint density at radius 2 is 2.28 bits per heavy atom. The molecule has 2 aromatic heterocycles. The largest absolute Gasteiger partial charge is 0.455 e. The zero-order chi connectivity index (χ0) is 13.0. The third-order valence-electron chi connectivity index (χ3n) is 2.28. The monoisotopic (exact) mass is 250 g/mol. The van der Waals surface area contributed by atoms with Crippen molar-refractivity contribution >= 4 is 5.97 Å². The van der Waals surface area contributed by atoms with Crippen LogP contribution in [-0.4, -0.2) is 22.9 Å². The maximum absolute atomic E-state index is 11.7. The summed E-state index contributed by atoms with van der Waals surface area (Å²) < 4.78 is 16.9. The van der Waals surface area contributed by atoms with Crippen LogP contribution in [0.15, 0.2) is 28.9 Å². The van der Waals surface area contributed by atoms with Crippen LogP contribution in [0.1, 0.15) is 21.9 Å². The van der Waals surface area contributed by atoms with Crippen molar-refractivity contribution in [3.05, 3.63) is 41.6 Å². The van der Waals surface area contributed by atoms with Crippen LogP contribution in [0.2, 0.25) is 0 Å². The van der Waals surface area contributed by atoms with Crippen molar-refractivity contribution in [3.63, 3.8) is 0 Å². The Morgan fingerprint density at radius 1 is 1.44 bits per heavy atom. The molecule has 0 fully saturated rings. The molecular formula is C12H14N2O4. The summed E-state index contributed by atoms with van der Waals surface area (Å²) in [5.41, 5.74) is 0.828. The summed E-state index contributed by atoms with van der Waals surface area (Å²) in [7, 11) is 3.36. The summed E-state index contributed by atoms with van der Waals surface area (Å²) in [6, 6.07) is 3.25. The highest BCUT2D eigenvalue weighted by molar-refractivity contribution is 5.86. The summed E-state index contributed by atoms with van der Waals surface area (Å²) in [5, 5.41) is 3.98. The quantitative estimate of drug-likeness (QED) is 0.752. The van der Waals surface area contributed by atoms with E-state index < -0.39 is 5.97 Å². The van der Waals surface area contributed by atoms with Gasteiger partial charge in [0.2, 0.25) is 5.76 Å². The van der Waals surface area contributed by atoms with Gasteiger partial charge < -0.3 is 13.9 Å². The highest BCUT2D eigenvalue weighted by Gasteiger charge is 2.13. The van der Waals surface area contributed by atoms with E-state index in [9.17, 15) is 4.79 Å². The molecule has 96 valence electrons. The Bertz CT molecular complexity index is 530. The second-order valence-corrected chi connectivity index (χ2v) is 3.80. The maximum Gasteiger partial charge on any atom is 0.374 e. The van der Waals surface area contributed by atoms with Gasteiger partial charge in [-0.15, -0.1) is 0 Å². The molecule has 0 N–H and O–H groups in total. The van der Waals surface area contributed by atoms with Crippen LogP contribution in [0.25, 0.3) is 0 Å². The molecule has 18 heavy (non-hydrogen) atoms. The molecule has 0 aliphatic carbocycles. The van der Waals surface area contributed by atoms with Crippen LogP contribution in [0.3, 0.4) is 0 Å². The molecule has 0 radical (unpaired) electrons. The highest BCUT2D eigenvalue weighted by Crippen LogP contribution is 2.11. The molecule has 0 aliphatic heterocycles. The minimum atomic E-state index is -0.499. The van der Waals surface area contributed by atoms with Crippen LogP contribution in [0.5, 0.6) is 0 Å². The predicted molar refractivity (Wildman–Crippen MR) is 61.7 cm³/mol. The van der Waals surface area contributed by atoms with Gasteiger partial charge in [0.15, 0.2) is 0 Å². The Balaban J connectivity index is 1.90. The fraction of sp³-hybridized carbons (Fsp3) is 0.333. The van der Waals surface area contributed by atoms with Gasteiger partial charge in [-0.3, -0.25) is 4.68 Å². The molecule has 0 atom stereocenters. The van der Waals surface area contributed by atoms with Gasteiger partial charge in [0.25, 0.3) is 0 Å². The van der Waals surface area contributed by atoms with Crippen molar-refractivity contribution in [2.75, 3.05) is 7.11 Å². The zero-order valence-corrected chi connectivity index (χ0v) is 10.3. The van der Waals surface area contributed by atoms with Gasteiger partial charge >= 0.3 is 5.97 Å². The van der Waals surface area contributed by atoms with Crippen molar-refractivity contribution in [2.24, 2.45) is 7.05 Å². The second-order valence-electron chi connectivity index (χ2n) is 3.80. The van der Waals surface area contributed by atoms with E-state index in [1.54, 1.807) is 43.4 Å². The minimum Gasteiger partial charge on any atom is -0.455 e. The van der Waals surface area contributed by atoms with Crippen molar-refractivity contribution < 1.29 is 18.7 Å². The number of hydrogen-bond acceptors (Lipinski definition) is 5. The third kappa shape index (κ3) is 2.98. The maximum atomic E-state index is 11.7. The average molecular weight is 250 g/mol. The molecule has 0 amide bonds. The van der Waals surface area contributed by atoms with E-state index in [0.29, 0.717) is 12.4 Å². The Kier molecular flexibility index (Phi) is 3.78. The lowest BCUT2D eigenvalue weighted by molar-refractivity contribution is 0.0429. The minimum absolute atomic E-state index is 0.172. The summed E-state index contributed by atoms with van der Waals surface area (Å²) >= 11 is 0. The van der Waals surface area contributed by atoms with E-state index in [1.807, 2.05) is 0 Å². The standard InChI is InChI=1S/C12H14N2O4/c1-14-6-9(5-13-14)7-17-12(15)11-4-3-10(18-11)8-16-2/h3-6H,7-8H2,1-2H3. The lowest BCUT2D eigenvalue weighted by Gasteiger charge is -2.00. The third-order valence-corrected chi connectivity index (χ3v) is 2.28. The molecule has 0 aromatic carbocycles. The molecule has 0 bridgehead atoms. The molecule has 0 saturated heterocycles. The summed E-state index contributed by atoms with van der Waals surface area (Å²) in [5.74, 6) is 0.262. The number of aromatic nitrogens is 2. The Morgan fingerprint density at radius 3 is 2.94 bits per heavy atom. The van der Waals surface area contributed by atoms with E-state index in [1.165, 1.54) is 0 Å². The van der Waals surface area contributed by atoms with E-state index in [2.05, 4.69) is 5.10 Å². The summed E-state index contributed by atoms with van der Waals surface area (Å²) in [4.78, 5) is 11.7. The lowest BCUT2D eigenvalue weighted by Crippen LogP contribution is -2.03. The first-order valence-electron chi connectivity index (χ1n) is 5.41. The number of nitrogens with zero attached hydrogens (tertiary/aromatic N) is 2. The first kappa shape index (κ1) is 12.4. The molecule has 0 aliphatic rings. The van der Waals surface area contributed by atoms with E-state index in [0.717, 1.165) is 5.56 Å². The number of furan rings is 1. The molecule has 2 aromatic rings. The fourth-order valence-electron chi connectivity index (χ4n) is 1.47. The van der Waals surface area contributed by atoms with Gasteiger partial charge in [-0.1, -0.05) is 0 Å². The topological polar surface area (TPSA) is 66.5 Å². The fourth-order valence-corrected chi connectivity index (χ4v) is 1.47. The van der Waals surface area contributed by atoms with Crippen LogP contribution < -0.4 is 0 Å². The first-order valence-corrected chi connectivity index (χ1v) is 5.41. The number of carbonyl (C=O) groups excluding carboxylic acids is 1. The number of ether oxygens (including phenoxy) is 2. The van der Waals surface area contributed by atoms with Crippen molar-refractivity contribution in [3.8, 4) is 0 Å². The van der Waals surface area contributed by atoms with Gasteiger partial charge in [-0.05, 0) is 12.1 Å². The second kappa shape index (κ2) is 5.50. The van der Waals surface area contributed by atoms with Crippen LogP contribution in [0.4, 0.5) is 0 Å². The van der Waals surface area contributed by atoms with Crippen LogP contribution in [0, 0.1) is 0 Å². The lowest BCUT2D eigenvalue weighted by atomic mass is 10.4. The van der Waals surface area contributed by atoms with Crippen molar-refractivity contribution in [2.45, 2.75) is 13.2 Å². The first-order chi connectivity index (χ1) is 8.69. The van der Waals surface area contributed by atoms with Crippen LogP contribution >= 0.6 is 0 Å². The molecule has 6 nitrogen and oxygen atoms in total. The Hall–Kier alpha value is -2.08. The van der Waals surface area contributed by atoms with Gasteiger partial charge in [0.1, 0.15) is 19.0 Å². The molecule has 6 heteroatoms. The van der Waals surface area contributed by atoms with Crippen molar-refractivity contribution in [1.82, 2.24) is 9.78 Å². The number of methoxy groups -OCH3 is 1. The molecule has 0 unspecified atom stereocenters. The predicted octanol–water partition coefficient (Wildman–Crippen LogP) is 1.52. The smallest absolute Gasteiger partial charge is 0.374 e. The normalized spacial score (nSPS) is 10.6. The van der Waals surface area contributed by atoms with Crippen molar-refractivity contribution in [1.29, 1.82) is 0 Å². The van der Waals surface area contributed by atoms with Gasteiger partial charge in [0, 0.05) is 25.9 Å².